The molecule has 0 bridgehead atoms. The second-order valence-electron chi connectivity index (χ2n) is 10.6. The molecule has 4 aromatic rings. The Morgan fingerprint density at radius 3 is 0.967 bits per heavy atom. The van der Waals surface area contributed by atoms with Gasteiger partial charge in [0.2, 0.25) is 0 Å². The molecular weight excluding hydrogens is 456 g/mol. The Hall–Kier alpha value is -2.02. The molecule has 0 saturated carbocycles. The molecule has 4 aromatic carbocycles. The fraction of sp³-hybridized carbons (Fsp3) is 0.143. The molecule has 0 aromatic heterocycles. The van der Waals surface area contributed by atoms with Crippen LogP contribution in [0, 0.1) is 0 Å². The molecule has 0 unspecified atom stereocenters. The average Bonchev–Trinajstić information content (AvgIpc) is 3.28. The van der Waals surface area contributed by atoms with Crippen LogP contribution in [0.5, 0.6) is 0 Å². The number of fused-ring (bicyclic) bond motifs is 6. The fourth-order valence-electron chi connectivity index (χ4n) is 6.70. The molecule has 0 N–H and O–H groups in total. The van der Waals surface area contributed by atoms with E-state index in [-0.39, 0.29) is 0 Å². The van der Waals surface area contributed by atoms with Crippen molar-refractivity contribution in [2.24, 2.45) is 0 Å². The van der Waals surface area contributed by atoms with E-state index in [2.05, 4.69) is 106 Å². The topological polar surface area (TPSA) is 0 Å². The number of hydrogen-bond donors (Lipinski definition) is 0. The molecule has 0 saturated heterocycles. The molecule has 30 heavy (non-hydrogen) atoms. The van der Waals surface area contributed by atoms with Crippen LogP contribution in [0.25, 0.3) is 22.3 Å². The van der Waals surface area contributed by atoms with E-state index in [9.17, 15) is 0 Å². The van der Waals surface area contributed by atoms with Crippen LogP contribution in [0.2, 0.25) is 9.26 Å². The van der Waals surface area contributed by atoms with Crippen molar-refractivity contribution in [1.82, 2.24) is 0 Å². The van der Waals surface area contributed by atoms with Crippen LogP contribution in [0.1, 0.15) is 29.5 Å². The molecule has 2 aliphatic rings. The number of hydrogen-bond acceptors (Lipinski definition) is 0. The maximum atomic E-state index is 2.76. The summed E-state index contributed by atoms with van der Waals surface area (Å²) in [5.41, 5.74) is 12.2. The summed E-state index contributed by atoms with van der Waals surface area (Å²) in [6.07, 6.45) is 0. The van der Waals surface area contributed by atoms with E-state index >= 15 is 0 Å². The fourth-order valence-corrected chi connectivity index (χ4v) is 28.3. The third-order valence-electron chi connectivity index (χ3n) is 7.73. The van der Waals surface area contributed by atoms with E-state index < -0.39 is 17.9 Å². The summed E-state index contributed by atoms with van der Waals surface area (Å²) in [6.45, 7) is 0. The summed E-state index contributed by atoms with van der Waals surface area (Å²) in [4.78, 5) is 0. The maximum absolute atomic E-state index is 3.36. The molecule has 2 heteroatoms. The van der Waals surface area contributed by atoms with Crippen LogP contribution in [-0.4, -0.2) is 7.37 Å². The molecule has 0 aliphatic heterocycles. The zero-order chi connectivity index (χ0) is 20.5. The monoisotopic (exact) mass is 481 g/mol. The van der Waals surface area contributed by atoms with Gasteiger partial charge in [-0.1, -0.05) is 0 Å². The van der Waals surface area contributed by atoms with Crippen molar-refractivity contribution >= 4 is 7.37 Å². The van der Waals surface area contributed by atoms with Crippen LogP contribution >= 0.6 is 0 Å². The predicted molar refractivity (Wildman–Crippen MR) is 129 cm³/mol. The van der Waals surface area contributed by atoms with Gasteiger partial charge in [0.25, 0.3) is 0 Å². The van der Waals surface area contributed by atoms with Gasteiger partial charge < -0.3 is 0 Å². The Morgan fingerprint density at radius 2 is 0.700 bits per heavy atom. The van der Waals surface area contributed by atoms with Crippen molar-refractivity contribution < 1.29 is 17.9 Å². The van der Waals surface area contributed by atoms with Gasteiger partial charge >= 0.3 is 183 Å². The van der Waals surface area contributed by atoms with Crippen LogP contribution < -0.4 is 0 Å². The van der Waals surface area contributed by atoms with Gasteiger partial charge in [0.15, 0.2) is 0 Å². The summed E-state index contributed by atoms with van der Waals surface area (Å²) >= 11 is -3.36. The summed E-state index contributed by atoms with van der Waals surface area (Å²) in [5.74, 6) is 0. The van der Waals surface area contributed by atoms with E-state index in [1.54, 1.807) is 22.3 Å². The van der Waals surface area contributed by atoms with E-state index in [0.29, 0.717) is 7.25 Å². The van der Waals surface area contributed by atoms with Gasteiger partial charge in [0.05, 0.1) is 0 Å². The minimum atomic E-state index is -3.36. The second kappa shape index (κ2) is 6.25. The molecule has 0 radical (unpaired) electrons. The molecule has 0 nitrogen and oxygen atoms in total. The molecule has 0 amide bonds. The van der Waals surface area contributed by atoms with E-state index in [1.807, 2.05) is 0 Å². The predicted octanol–water partition coefficient (Wildman–Crippen LogP) is 6.59. The van der Waals surface area contributed by atoms with Crippen LogP contribution in [0.3, 0.4) is 0 Å². The first kappa shape index (κ1) is 18.7. The Balaban J connectivity index is 1.66. The normalized spacial score (nSPS) is 16.4. The van der Waals surface area contributed by atoms with E-state index in [1.165, 1.54) is 29.6 Å². The molecule has 0 heterocycles. The first-order chi connectivity index (χ1) is 14.5. The molecule has 0 fully saturated rings. The third-order valence-corrected chi connectivity index (χ3v) is 27.8. The van der Waals surface area contributed by atoms with Crippen molar-refractivity contribution in [3.8, 4) is 22.3 Å². The quantitative estimate of drug-likeness (QED) is 0.283. The van der Waals surface area contributed by atoms with Crippen LogP contribution in [0.4, 0.5) is 0 Å². The van der Waals surface area contributed by atoms with Crippen molar-refractivity contribution in [2.75, 3.05) is 0 Å². The Morgan fingerprint density at radius 1 is 0.467 bits per heavy atom. The van der Waals surface area contributed by atoms with Gasteiger partial charge in [-0.05, 0) is 0 Å². The molecule has 2 aliphatic carbocycles. The van der Waals surface area contributed by atoms with Gasteiger partial charge in [-0.2, -0.15) is 0 Å². The van der Waals surface area contributed by atoms with Crippen molar-refractivity contribution in [3.63, 3.8) is 0 Å². The van der Waals surface area contributed by atoms with Crippen LogP contribution in [-0.2, 0) is 17.9 Å². The van der Waals surface area contributed by atoms with E-state index in [4.69, 9.17) is 0 Å². The number of benzene rings is 4. The van der Waals surface area contributed by atoms with Crippen LogP contribution in [0.15, 0.2) is 97.1 Å². The zero-order valence-electron chi connectivity index (χ0n) is 17.9. The first-order valence-corrected chi connectivity index (χ1v) is 27.2. The summed E-state index contributed by atoms with van der Waals surface area (Å²) in [7, 11) is 1.28. The average molecular weight is 483 g/mol. The standard InChI is InChI=1S/2C13H9.2CH3.H3Si.Zr/c2*1-3-7-12-10(5-1)9-11-6-2-4-8-13(11)12;;;;/h2*1-9H;3*1H3;. The molecular formula is C28H27SiZr. The molecule has 0 spiro atoms. The van der Waals surface area contributed by atoms with Gasteiger partial charge in [-0.25, -0.2) is 0 Å². The van der Waals surface area contributed by atoms with Crippen molar-refractivity contribution in [2.45, 2.75) is 16.5 Å². The molecule has 6 rings (SSSR count). The Kier molecular flexibility index (Phi) is 3.90. The van der Waals surface area contributed by atoms with Gasteiger partial charge in [0.1, 0.15) is 0 Å². The third kappa shape index (κ3) is 2.41. The Bertz CT molecular complexity index is 1120. The molecule has 147 valence electrons. The minimum absolute atomic E-state index is 0.592. The SMILES string of the molecule is [CH3][Zr]([CH3])([SiH3])([CH]1c2ccccc2-c2ccccc21)[CH]1c2ccccc2-c2ccccc21. The van der Waals surface area contributed by atoms with Gasteiger partial charge in [0, 0.05) is 0 Å². The second-order valence-corrected chi connectivity index (χ2v) is 48.8. The van der Waals surface area contributed by atoms with Crippen molar-refractivity contribution in [3.05, 3.63) is 119 Å². The summed E-state index contributed by atoms with van der Waals surface area (Å²) in [6, 6.07) is 36.9. The van der Waals surface area contributed by atoms with Crippen molar-refractivity contribution in [1.29, 1.82) is 0 Å². The Labute approximate surface area is 182 Å². The summed E-state index contributed by atoms with van der Waals surface area (Å²) in [5, 5.41) is 0. The van der Waals surface area contributed by atoms with Gasteiger partial charge in [-0.3, -0.25) is 0 Å². The zero-order valence-corrected chi connectivity index (χ0v) is 22.4. The number of rotatable bonds is 2. The van der Waals surface area contributed by atoms with Gasteiger partial charge in [-0.15, -0.1) is 0 Å². The summed E-state index contributed by atoms with van der Waals surface area (Å²) < 4.78 is 6.71. The molecule has 0 atom stereocenters. The van der Waals surface area contributed by atoms with E-state index in [0.717, 1.165) is 0 Å². The first-order valence-electron chi connectivity index (χ1n) is 11.0.